The number of hydrogen-bond acceptors (Lipinski definition) is 5. The molecule has 0 aliphatic heterocycles. The van der Waals surface area contributed by atoms with E-state index in [9.17, 15) is 4.79 Å². The van der Waals surface area contributed by atoms with E-state index in [1.807, 2.05) is 31.2 Å². The molecule has 1 heterocycles. The van der Waals surface area contributed by atoms with Gasteiger partial charge in [0, 0.05) is 12.4 Å². The topological polar surface area (TPSA) is 67.2 Å². The van der Waals surface area contributed by atoms with Crippen LogP contribution in [-0.2, 0) is 4.79 Å². The van der Waals surface area contributed by atoms with Gasteiger partial charge >= 0.3 is 0 Å². The lowest BCUT2D eigenvalue weighted by Gasteiger charge is -1.99. The molecule has 1 amide bonds. The van der Waals surface area contributed by atoms with Crippen LogP contribution >= 0.6 is 11.8 Å². The fraction of sp³-hybridized carbons (Fsp3) is 0.143. The third kappa shape index (κ3) is 4.81. The van der Waals surface area contributed by atoms with Crippen molar-refractivity contribution >= 4 is 23.9 Å². The molecule has 2 rings (SSSR count). The number of nitrogens with one attached hydrogen (secondary N) is 1. The van der Waals surface area contributed by atoms with Crippen molar-refractivity contribution in [3.63, 3.8) is 0 Å². The summed E-state index contributed by atoms with van der Waals surface area (Å²) in [4.78, 5) is 19.6. The van der Waals surface area contributed by atoms with Gasteiger partial charge in [0.15, 0.2) is 5.16 Å². The predicted octanol–water partition coefficient (Wildman–Crippen LogP) is 2.03. The van der Waals surface area contributed by atoms with Crippen LogP contribution in [0.2, 0.25) is 0 Å². The fourth-order valence-corrected chi connectivity index (χ4v) is 2.05. The lowest BCUT2D eigenvalue weighted by molar-refractivity contribution is -0.118. The summed E-state index contributed by atoms with van der Waals surface area (Å²) in [7, 11) is 0. The number of aromatic nitrogens is 2. The number of aryl methyl sites for hydroxylation is 1. The quantitative estimate of drug-likeness (QED) is 0.395. The summed E-state index contributed by atoms with van der Waals surface area (Å²) in [6.07, 6.45) is 4.90. The van der Waals surface area contributed by atoms with E-state index in [0.717, 1.165) is 11.1 Å². The summed E-state index contributed by atoms with van der Waals surface area (Å²) < 4.78 is 0. The van der Waals surface area contributed by atoms with Gasteiger partial charge in [0.1, 0.15) is 0 Å². The second-order valence-electron chi connectivity index (χ2n) is 4.03. The summed E-state index contributed by atoms with van der Waals surface area (Å²) in [5.41, 5.74) is 4.57. The molecule has 1 aromatic heterocycles. The van der Waals surface area contributed by atoms with Crippen molar-refractivity contribution in [3.05, 3.63) is 53.9 Å². The highest BCUT2D eigenvalue weighted by atomic mass is 32.2. The van der Waals surface area contributed by atoms with Crippen LogP contribution in [0.1, 0.15) is 11.1 Å². The van der Waals surface area contributed by atoms with Gasteiger partial charge in [0.05, 0.1) is 12.0 Å². The molecule has 102 valence electrons. The van der Waals surface area contributed by atoms with Crippen molar-refractivity contribution in [2.45, 2.75) is 12.1 Å². The number of nitrogens with zero attached hydrogens (tertiary/aromatic N) is 3. The zero-order valence-corrected chi connectivity index (χ0v) is 11.8. The minimum atomic E-state index is -0.189. The minimum absolute atomic E-state index is 0.189. The molecule has 1 N–H and O–H groups in total. The van der Waals surface area contributed by atoms with Crippen LogP contribution < -0.4 is 5.43 Å². The van der Waals surface area contributed by atoms with E-state index in [1.165, 1.54) is 11.8 Å². The first-order chi connectivity index (χ1) is 9.74. The molecule has 0 spiro atoms. The Morgan fingerprint density at radius 2 is 2.15 bits per heavy atom. The molecule has 20 heavy (non-hydrogen) atoms. The van der Waals surface area contributed by atoms with Crippen molar-refractivity contribution in [2.75, 3.05) is 5.75 Å². The summed E-state index contributed by atoms with van der Waals surface area (Å²) in [5, 5.41) is 4.49. The third-order valence-corrected chi connectivity index (χ3v) is 3.19. The predicted molar refractivity (Wildman–Crippen MR) is 79.7 cm³/mol. The molecule has 0 saturated carbocycles. The number of hydrogen-bond donors (Lipinski definition) is 1. The largest absolute Gasteiger partial charge is 0.272 e. The van der Waals surface area contributed by atoms with Crippen molar-refractivity contribution in [3.8, 4) is 0 Å². The average molecular weight is 286 g/mol. The molecule has 1 aromatic carbocycles. The Morgan fingerprint density at radius 1 is 1.35 bits per heavy atom. The zero-order valence-electron chi connectivity index (χ0n) is 11.0. The fourth-order valence-electron chi connectivity index (χ4n) is 1.45. The standard InChI is InChI=1S/C14H14N4OS/c1-11-4-2-5-12(8-11)9-17-18-13(19)10-20-14-15-6-3-7-16-14/h2-9H,10H2,1H3,(H,18,19). The van der Waals surface area contributed by atoms with Gasteiger partial charge in [-0.25, -0.2) is 15.4 Å². The second-order valence-corrected chi connectivity index (χ2v) is 4.97. The molecule has 0 aliphatic rings. The molecule has 2 aromatic rings. The lowest BCUT2D eigenvalue weighted by Crippen LogP contribution is -2.19. The van der Waals surface area contributed by atoms with Crippen LogP contribution in [0, 0.1) is 6.92 Å². The Morgan fingerprint density at radius 3 is 2.90 bits per heavy atom. The highest BCUT2D eigenvalue weighted by molar-refractivity contribution is 7.99. The van der Waals surface area contributed by atoms with Gasteiger partial charge in [0.25, 0.3) is 5.91 Å². The van der Waals surface area contributed by atoms with Crippen LogP contribution in [-0.4, -0.2) is 27.8 Å². The molecule has 5 nitrogen and oxygen atoms in total. The highest BCUT2D eigenvalue weighted by Gasteiger charge is 2.02. The van der Waals surface area contributed by atoms with E-state index in [4.69, 9.17) is 0 Å². The normalized spacial score (nSPS) is 10.7. The molecular weight excluding hydrogens is 272 g/mol. The van der Waals surface area contributed by atoms with E-state index in [-0.39, 0.29) is 11.7 Å². The van der Waals surface area contributed by atoms with Gasteiger partial charge in [-0.2, -0.15) is 5.10 Å². The van der Waals surface area contributed by atoms with Gasteiger partial charge in [-0.15, -0.1) is 0 Å². The van der Waals surface area contributed by atoms with Crippen molar-refractivity contribution < 1.29 is 4.79 Å². The van der Waals surface area contributed by atoms with Crippen molar-refractivity contribution in [2.24, 2.45) is 5.10 Å². The Hall–Kier alpha value is -2.21. The first-order valence-electron chi connectivity index (χ1n) is 6.02. The Labute approximate surface area is 121 Å². The number of hydrazone groups is 1. The van der Waals surface area contributed by atoms with Gasteiger partial charge in [-0.1, -0.05) is 41.6 Å². The number of carbonyl (C=O) groups excluding carboxylic acids is 1. The molecule has 0 radical (unpaired) electrons. The van der Waals surface area contributed by atoms with Crippen LogP contribution in [0.5, 0.6) is 0 Å². The second kappa shape index (κ2) is 7.40. The molecule has 0 aliphatic carbocycles. The van der Waals surface area contributed by atoms with Crippen LogP contribution in [0.3, 0.4) is 0 Å². The zero-order chi connectivity index (χ0) is 14.2. The van der Waals surface area contributed by atoms with Gasteiger partial charge in [-0.05, 0) is 18.6 Å². The summed E-state index contributed by atoms with van der Waals surface area (Å²) in [6.45, 7) is 2.01. The van der Waals surface area contributed by atoms with Crippen molar-refractivity contribution in [1.82, 2.24) is 15.4 Å². The van der Waals surface area contributed by atoms with Crippen LogP contribution in [0.25, 0.3) is 0 Å². The first-order valence-corrected chi connectivity index (χ1v) is 7.01. The highest BCUT2D eigenvalue weighted by Crippen LogP contribution is 2.09. The lowest BCUT2D eigenvalue weighted by atomic mass is 10.2. The van der Waals surface area contributed by atoms with Crippen molar-refractivity contribution in [1.29, 1.82) is 0 Å². The summed E-state index contributed by atoms with van der Waals surface area (Å²) in [5.74, 6) is 0.0428. The number of carbonyl (C=O) groups is 1. The SMILES string of the molecule is Cc1cccc(C=NNC(=O)CSc2ncccn2)c1. The minimum Gasteiger partial charge on any atom is -0.272 e. The van der Waals surface area contributed by atoms with Gasteiger partial charge in [-0.3, -0.25) is 4.79 Å². The Kier molecular flexibility index (Phi) is 5.25. The molecule has 0 unspecified atom stereocenters. The third-order valence-electron chi connectivity index (χ3n) is 2.32. The number of benzene rings is 1. The maximum absolute atomic E-state index is 11.6. The number of thioether (sulfide) groups is 1. The molecule has 0 bridgehead atoms. The first kappa shape index (κ1) is 14.2. The summed E-state index contributed by atoms with van der Waals surface area (Å²) >= 11 is 1.27. The van der Waals surface area contributed by atoms with E-state index in [0.29, 0.717) is 5.16 Å². The molecular formula is C14H14N4OS. The maximum atomic E-state index is 11.6. The van der Waals surface area contributed by atoms with Gasteiger partial charge < -0.3 is 0 Å². The van der Waals surface area contributed by atoms with Crippen LogP contribution in [0.4, 0.5) is 0 Å². The monoisotopic (exact) mass is 286 g/mol. The van der Waals surface area contributed by atoms with E-state index in [1.54, 1.807) is 24.7 Å². The molecule has 0 atom stereocenters. The Balaban J connectivity index is 1.78. The maximum Gasteiger partial charge on any atom is 0.250 e. The Bertz CT molecular complexity index is 601. The van der Waals surface area contributed by atoms with E-state index < -0.39 is 0 Å². The smallest absolute Gasteiger partial charge is 0.250 e. The average Bonchev–Trinajstić information content (AvgIpc) is 2.46. The number of rotatable bonds is 5. The van der Waals surface area contributed by atoms with E-state index in [2.05, 4.69) is 20.5 Å². The summed E-state index contributed by atoms with van der Waals surface area (Å²) in [6, 6.07) is 9.60. The number of amides is 1. The van der Waals surface area contributed by atoms with Crippen LogP contribution in [0.15, 0.2) is 53.0 Å². The molecule has 0 saturated heterocycles. The molecule has 0 fully saturated rings. The van der Waals surface area contributed by atoms with Gasteiger partial charge in [0.2, 0.25) is 0 Å². The van der Waals surface area contributed by atoms with E-state index >= 15 is 0 Å². The molecule has 6 heteroatoms.